The van der Waals surface area contributed by atoms with Crippen LogP contribution in [0.5, 0.6) is 0 Å². The van der Waals surface area contributed by atoms with Crippen molar-refractivity contribution in [2.75, 3.05) is 5.32 Å². The molecule has 0 aliphatic heterocycles. The van der Waals surface area contributed by atoms with Gasteiger partial charge in [-0.15, -0.1) is 0 Å². The summed E-state index contributed by atoms with van der Waals surface area (Å²) in [5.41, 5.74) is 3.16. The second kappa shape index (κ2) is 7.69. The fraction of sp³-hybridized carbons (Fsp3) is 0.235. The van der Waals surface area contributed by atoms with Crippen LogP contribution < -0.4 is 10.6 Å². The number of nitro groups is 1. The number of nitro benzene ring substituents is 1. The van der Waals surface area contributed by atoms with E-state index in [0.29, 0.717) is 10.8 Å². The lowest BCUT2D eigenvalue weighted by atomic mass is 10.0. The predicted molar refractivity (Wildman–Crippen MR) is 96.7 cm³/mol. The van der Waals surface area contributed by atoms with Gasteiger partial charge in [-0.25, -0.2) is 0 Å². The summed E-state index contributed by atoms with van der Waals surface area (Å²) in [6.07, 6.45) is 0.894. The third-order valence-electron chi connectivity index (χ3n) is 3.53. The second-order valence-electron chi connectivity index (χ2n) is 5.27. The van der Waals surface area contributed by atoms with Gasteiger partial charge >= 0.3 is 0 Å². The van der Waals surface area contributed by atoms with Crippen molar-refractivity contribution in [3.05, 3.63) is 69.8 Å². The van der Waals surface area contributed by atoms with E-state index in [2.05, 4.69) is 48.7 Å². The Hall–Kier alpha value is -2.47. The summed E-state index contributed by atoms with van der Waals surface area (Å²) >= 11 is 5.33. The van der Waals surface area contributed by atoms with Gasteiger partial charge in [0.25, 0.3) is 5.69 Å². The zero-order valence-electron chi connectivity index (χ0n) is 13.1. The topological polar surface area (TPSA) is 67.2 Å². The van der Waals surface area contributed by atoms with E-state index in [1.165, 1.54) is 23.3 Å². The molecule has 0 aliphatic rings. The van der Waals surface area contributed by atoms with Crippen LogP contribution in [0.4, 0.5) is 11.4 Å². The van der Waals surface area contributed by atoms with Crippen molar-refractivity contribution in [1.29, 1.82) is 0 Å². The maximum absolute atomic E-state index is 10.6. The fourth-order valence-corrected chi connectivity index (χ4v) is 2.47. The van der Waals surface area contributed by atoms with Crippen LogP contribution in [0.15, 0.2) is 48.5 Å². The van der Waals surface area contributed by atoms with Gasteiger partial charge in [0, 0.05) is 17.8 Å². The van der Waals surface area contributed by atoms with Crippen LogP contribution in [0.25, 0.3) is 0 Å². The van der Waals surface area contributed by atoms with Crippen molar-refractivity contribution < 1.29 is 4.92 Å². The standard InChI is InChI=1S/C17H19N3O2S/c1-3-16(13-6-4-12(2)5-7-13)19-17(23)18-14-8-10-15(11-9-14)20(21)22/h4-11,16H,3H2,1-2H3,(H2,18,19,23). The molecule has 0 saturated carbocycles. The molecule has 2 aromatic rings. The van der Waals surface area contributed by atoms with Crippen molar-refractivity contribution in [3.63, 3.8) is 0 Å². The van der Waals surface area contributed by atoms with Crippen molar-refractivity contribution in [2.45, 2.75) is 26.3 Å². The zero-order chi connectivity index (χ0) is 16.8. The molecule has 0 aromatic heterocycles. The number of nitrogens with one attached hydrogen (secondary N) is 2. The third-order valence-corrected chi connectivity index (χ3v) is 3.75. The first-order valence-corrected chi connectivity index (χ1v) is 7.79. The lowest BCUT2D eigenvalue weighted by molar-refractivity contribution is -0.384. The molecule has 2 aromatic carbocycles. The van der Waals surface area contributed by atoms with Gasteiger partial charge in [0.15, 0.2) is 5.11 Å². The van der Waals surface area contributed by atoms with Crippen LogP contribution >= 0.6 is 12.2 Å². The lowest BCUT2D eigenvalue weighted by Crippen LogP contribution is -2.32. The van der Waals surface area contributed by atoms with E-state index >= 15 is 0 Å². The number of thiocarbonyl (C=S) groups is 1. The van der Waals surface area contributed by atoms with Crippen molar-refractivity contribution in [3.8, 4) is 0 Å². The Kier molecular flexibility index (Phi) is 5.65. The van der Waals surface area contributed by atoms with Crippen LogP contribution in [0.1, 0.15) is 30.5 Å². The summed E-state index contributed by atoms with van der Waals surface area (Å²) < 4.78 is 0. The van der Waals surface area contributed by atoms with Crippen molar-refractivity contribution in [1.82, 2.24) is 5.32 Å². The van der Waals surface area contributed by atoms with Gasteiger partial charge in [0.05, 0.1) is 11.0 Å². The molecule has 2 rings (SSSR count). The summed E-state index contributed by atoms with van der Waals surface area (Å²) in [6, 6.07) is 14.6. The molecule has 120 valence electrons. The first kappa shape index (κ1) is 16.9. The molecule has 0 radical (unpaired) electrons. The van der Waals surface area contributed by atoms with Gasteiger partial charge in [-0.05, 0) is 43.3 Å². The molecular weight excluding hydrogens is 310 g/mol. The van der Waals surface area contributed by atoms with E-state index < -0.39 is 4.92 Å². The number of benzene rings is 2. The smallest absolute Gasteiger partial charge is 0.269 e. The number of nitrogens with zero attached hydrogens (tertiary/aromatic N) is 1. The molecule has 0 spiro atoms. The molecule has 1 unspecified atom stereocenters. The third kappa shape index (κ3) is 4.75. The van der Waals surface area contributed by atoms with Gasteiger partial charge in [-0.2, -0.15) is 0 Å². The highest BCUT2D eigenvalue weighted by molar-refractivity contribution is 7.80. The monoisotopic (exact) mass is 329 g/mol. The van der Waals surface area contributed by atoms with Crippen LogP contribution in [-0.4, -0.2) is 10.0 Å². The van der Waals surface area contributed by atoms with E-state index in [4.69, 9.17) is 12.2 Å². The average Bonchev–Trinajstić information content (AvgIpc) is 2.54. The molecule has 6 heteroatoms. The molecule has 23 heavy (non-hydrogen) atoms. The van der Waals surface area contributed by atoms with Gasteiger partial charge < -0.3 is 10.6 Å². The Morgan fingerprint density at radius 3 is 2.30 bits per heavy atom. The zero-order valence-corrected chi connectivity index (χ0v) is 13.9. The molecule has 0 amide bonds. The van der Waals surface area contributed by atoms with E-state index in [1.807, 2.05) is 0 Å². The summed E-state index contributed by atoms with van der Waals surface area (Å²) in [6.45, 7) is 4.14. The molecule has 5 nitrogen and oxygen atoms in total. The second-order valence-corrected chi connectivity index (χ2v) is 5.68. The molecule has 0 heterocycles. The van der Waals surface area contributed by atoms with E-state index in [-0.39, 0.29) is 11.7 Å². The maximum Gasteiger partial charge on any atom is 0.269 e. The maximum atomic E-state index is 10.6. The van der Waals surface area contributed by atoms with Crippen LogP contribution in [0, 0.1) is 17.0 Å². The van der Waals surface area contributed by atoms with E-state index in [9.17, 15) is 10.1 Å². The summed E-state index contributed by atoms with van der Waals surface area (Å²) in [5, 5.41) is 17.5. The van der Waals surface area contributed by atoms with Gasteiger partial charge in [-0.1, -0.05) is 36.8 Å². The highest BCUT2D eigenvalue weighted by Crippen LogP contribution is 2.18. The normalized spacial score (nSPS) is 11.6. The molecule has 0 bridgehead atoms. The summed E-state index contributed by atoms with van der Waals surface area (Å²) in [4.78, 5) is 10.2. The quantitative estimate of drug-likeness (QED) is 0.485. The van der Waals surface area contributed by atoms with Crippen LogP contribution in [-0.2, 0) is 0 Å². The highest BCUT2D eigenvalue weighted by Gasteiger charge is 2.11. The Morgan fingerprint density at radius 2 is 1.78 bits per heavy atom. The number of aryl methyl sites for hydroxylation is 1. The lowest BCUT2D eigenvalue weighted by Gasteiger charge is -2.20. The minimum Gasteiger partial charge on any atom is -0.356 e. The van der Waals surface area contributed by atoms with E-state index in [0.717, 1.165) is 6.42 Å². The van der Waals surface area contributed by atoms with Crippen molar-refractivity contribution in [2.24, 2.45) is 0 Å². The van der Waals surface area contributed by atoms with Crippen LogP contribution in [0.2, 0.25) is 0 Å². The number of hydrogen-bond acceptors (Lipinski definition) is 3. The predicted octanol–water partition coefficient (Wildman–Crippen LogP) is 4.34. The van der Waals surface area contributed by atoms with Gasteiger partial charge in [0.2, 0.25) is 0 Å². The number of non-ortho nitro benzene ring substituents is 1. The average molecular weight is 329 g/mol. The Balaban J connectivity index is 1.99. The Labute approximate surface area is 140 Å². The minimum absolute atomic E-state index is 0.0560. The Morgan fingerprint density at radius 1 is 1.17 bits per heavy atom. The summed E-state index contributed by atoms with van der Waals surface area (Å²) in [7, 11) is 0. The SMILES string of the molecule is CCC(NC(=S)Nc1ccc([N+](=O)[O-])cc1)c1ccc(C)cc1. The van der Waals surface area contributed by atoms with Crippen LogP contribution in [0.3, 0.4) is 0 Å². The molecule has 0 aliphatic carbocycles. The first-order chi connectivity index (χ1) is 11.0. The Bertz CT molecular complexity index is 684. The van der Waals surface area contributed by atoms with Crippen molar-refractivity contribution >= 4 is 28.7 Å². The number of anilines is 1. The fourth-order valence-electron chi connectivity index (χ4n) is 2.21. The largest absolute Gasteiger partial charge is 0.356 e. The van der Waals surface area contributed by atoms with Gasteiger partial charge in [0.1, 0.15) is 0 Å². The summed E-state index contributed by atoms with van der Waals surface area (Å²) in [5.74, 6) is 0. The van der Waals surface area contributed by atoms with E-state index in [1.54, 1.807) is 12.1 Å². The molecule has 1 atom stereocenters. The number of rotatable bonds is 5. The molecule has 0 saturated heterocycles. The highest BCUT2D eigenvalue weighted by atomic mass is 32.1. The first-order valence-electron chi connectivity index (χ1n) is 7.38. The number of hydrogen-bond donors (Lipinski definition) is 2. The minimum atomic E-state index is -0.426. The molecule has 2 N–H and O–H groups in total. The molecule has 0 fully saturated rings. The van der Waals surface area contributed by atoms with Gasteiger partial charge in [-0.3, -0.25) is 10.1 Å². The molecular formula is C17H19N3O2S.